The van der Waals surface area contributed by atoms with Gasteiger partial charge in [0.1, 0.15) is 11.4 Å². The number of aliphatic hydroxyl groups is 1. The first kappa shape index (κ1) is 9.28. The molecule has 0 radical (unpaired) electrons. The highest BCUT2D eigenvalue weighted by atomic mass is 79.9. The van der Waals surface area contributed by atoms with Crippen molar-refractivity contribution < 1.29 is 9.52 Å². The van der Waals surface area contributed by atoms with E-state index in [9.17, 15) is 5.11 Å². The molecule has 0 aromatic carbocycles. The van der Waals surface area contributed by atoms with Crippen molar-refractivity contribution in [3.05, 3.63) is 22.6 Å². The van der Waals surface area contributed by atoms with E-state index in [1.807, 2.05) is 12.1 Å². The van der Waals surface area contributed by atoms with Crippen LogP contribution in [-0.4, -0.2) is 5.11 Å². The zero-order valence-electron chi connectivity index (χ0n) is 7.59. The lowest BCUT2D eigenvalue weighted by Gasteiger charge is -2.05. The first-order valence-corrected chi connectivity index (χ1v) is 5.44. The number of hydrogen-bond donors (Lipinski definition) is 1. The molecule has 3 heteroatoms. The van der Waals surface area contributed by atoms with Crippen LogP contribution in [0.4, 0.5) is 0 Å². The van der Waals surface area contributed by atoms with Gasteiger partial charge in [0.25, 0.3) is 0 Å². The fourth-order valence-corrected chi connectivity index (χ4v) is 2.16. The van der Waals surface area contributed by atoms with Gasteiger partial charge >= 0.3 is 0 Å². The number of rotatable bonds is 3. The fourth-order valence-electron chi connectivity index (χ4n) is 1.85. The van der Waals surface area contributed by atoms with Gasteiger partial charge in [0, 0.05) is 0 Å². The van der Waals surface area contributed by atoms with Crippen LogP contribution in [0, 0.1) is 5.92 Å². The molecule has 1 heterocycles. The van der Waals surface area contributed by atoms with Crippen LogP contribution in [0.2, 0.25) is 0 Å². The maximum atomic E-state index is 10.1. The van der Waals surface area contributed by atoms with Crippen LogP contribution in [0.3, 0.4) is 0 Å². The van der Waals surface area contributed by atoms with Gasteiger partial charge in [-0.2, -0.15) is 0 Å². The van der Waals surface area contributed by atoms with Gasteiger partial charge in [-0.15, -0.1) is 0 Å². The molecule has 0 amide bonds. The van der Waals surface area contributed by atoms with Crippen molar-refractivity contribution in [3.8, 4) is 0 Å². The van der Waals surface area contributed by atoms with Gasteiger partial charge in [0.15, 0.2) is 4.67 Å². The minimum Gasteiger partial charge on any atom is -0.451 e. The summed E-state index contributed by atoms with van der Waals surface area (Å²) in [7, 11) is 0. The molecule has 0 aliphatic heterocycles. The van der Waals surface area contributed by atoms with Crippen molar-refractivity contribution in [2.24, 2.45) is 5.92 Å². The Hall–Kier alpha value is -0.280. The highest BCUT2D eigenvalue weighted by Gasteiger charge is 2.55. The zero-order valence-corrected chi connectivity index (χ0v) is 9.17. The Bertz CT molecular complexity index is 308. The predicted octanol–water partition coefficient (Wildman–Crippen LogP) is 3.05. The summed E-state index contributed by atoms with van der Waals surface area (Å²) in [4.78, 5) is 0. The summed E-state index contributed by atoms with van der Waals surface area (Å²) < 4.78 is 6.05. The fraction of sp³-hybridized carbons (Fsp3) is 0.600. The van der Waals surface area contributed by atoms with Gasteiger partial charge in [0.2, 0.25) is 0 Å². The second kappa shape index (κ2) is 3.14. The molecule has 2 rings (SSSR count). The van der Waals surface area contributed by atoms with Crippen LogP contribution < -0.4 is 0 Å². The van der Waals surface area contributed by atoms with E-state index < -0.39 is 5.60 Å². The summed E-state index contributed by atoms with van der Waals surface area (Å²) in [6, 6.07) is 3.67. The van der Waals surface area contributed by atoms with E-state index in [2.05, 4.69) is 22.9 Å². The van der Waals surface area contributed by atoms with Crippen molar-refractivity contribution in [2.45, 2.75) is 31.8 Å². The van der Waals surface area contributed by atoms with E-state index in [0.717, 1.165) is 19.3 Å². The Labute approximate surface area is 86.1 Å². The van der Waals surface area contributed by atoms with Crippen LogP contribution in [0.1, 0.15) is 31.9 Å². The van der Waals surface area contributed by atoms with Gasteiger partial charge in [-0.1, -0.05) is 13.3 Å². The molecule has 1 aliphatic carbocycles. The van der Waals surface area contributed by atoms with E-state index >= 15 is 0 Å². The van der Waals surface area contributed by atoms with Gasteiger partial charge in [0.05, 0.1) is 0 Å². The first-order chi connectivity index (χ1) is 6.16. The van der Waals surface area contributed by atoms with Crippen molar-refractivity contribution in [2.75, 3.05) is 0 Å². The summed E-state index contributed by atoms with van der Waals surface area (Å²) in [5.41, 5.74) is -0.665. The minimum absolute atomic E-state index is 0.399. The molecular weight excluding hydrogens is 232 g/mol. The van der Waals surface area contributed by atoms with E-state index in [4.69, 9.17) is 4.42 Å². The molecule has 1 fully saturated rings. The lowest BCUT2D eigenvalue weighted by molar-refractivity contribution is 0.101. The summed E-state index contributed by atoms with van der Waals surface area (Å²) in [5.74, 6) is 1.10. The Morgan fingerprint density at radius 1 is 1.69 bits per heavy atom. The lowest BCUT2D eigenvalue weighted by Crippen LogP contribution is -2.06. The molecule has 2 atom stereocenters. The highest BCUT2D eigenvalue weighted by molar-refractivity contribution is 9.10. The van der Waals surface area contributed by atoms with Crippen LogP contribution in [-0.2, 0) is 5.60 Å². The van der Waals surface area contributed by atoms with E-state index in [1.165, 1.54) is 0 Å². The molecule has 2 unspecified atom stereocenters. The largest absolute Gasteiger partial charge is 0.451 e. The third kappa shape index (κ3) is 1.55. The van der Waals surface area contributed by atoms with Crippen molar-refractivity contribution in [3.63, 3.8) is 0 Å². The smallest absolute Gasteiger partial charge is 0.169 e. The second-order valence-corrected chi connectivity index (χ2v) is 4.50. The molecule has 13 heavy (non-hydrogen) atoms. The Kier molecular flexibility index (Phi) is 2.24. The van der Waals surface area contributed by atoms with Gasteiger partial charge in [-0.3, -0.25) is 0 Å². The molecular formula is C10H13BrO2. The monoisotopic (exact) mass is 244 g/mol. The van der Waals surface area contributed by atoms with E-state index in [1.54, 1.807) is 0 Å². The SMILES string of the molecule is CCCC1CC1(O)c1ccc(Br)o1. The van der Waals surface area contributed by atoms with Crippen LogP contribution >= 0.6 is 15.9 Å². The second-order valence-electron chi connectivity index (χ2n) is 3.72. The molecule has 1 N–H and O–H groups in total. The summed E-state index contributed by atoms with van der Waals surface area (Å²) >= 11 is 3.23. The predicted molar refractivity (Wildman–Crippen MR) is 53.3 cm³/mol. The molecule has 0 bridgehead atoms. The van der Waals surface area contributed by atoms with Crippen LogP contribution in [0.15, 0.2) is 21.2 Å². The van der Waals surface area contributed by atoms with Crippen molar-refractivity contribution in [1.29, 1.82) is 0 Å². The van der Waals surface area contributed by atoms with Gasteiger partial charge in [-0.25, -0.2) is 0 Å². The number of furan rings is 1. The van der Waals surface area contributed by atoms with Crippen molar-refractivity contribution in [1.82, 2.24) is 0 Å². The topological polar surface area (TPSA) is 33.4 Å². The third-order valence-electron chi connectivity index (χ3n) is 2.71. The van der Waals surface area contributed by atoms with E-state index in [-0.39, 0.29) is 0 Å². The molecule has 1 aromatic rings. The third-order valence-corrected chi connectivity index (χ3v) is 3.14. The van der Waals surface area contributed by atoms with Gasteiger partial charge < -0.3 is 9.52 Å². The molecule has 1 aromatic heterocycles. The average Bonchev–Trinajstić information content (AvgIpc) is 2.57. The van der Waals surface area contributed by atoms with Gasteiger partial charge in [-0.05, 0) is 46.8 Å². The quantitative estimate of drug-likeness (QED) is 0.887. The maximum absolute atomic E-state index is 10.1. The highest BCUT2D eigenvalue weighted by Crippen LogP contribution is 2.54. The number of hydrogen-bond acceptors (Lipinski definition) is 2. The zero-order chi connectivity index (χ0) is 9.47. The molecule has 1 saturated carbocycles. The standard InChI is InChI=1S/C10H13BrO2/c1-2-3-7-6-10(7,12)8-4-5-9(11)13-8/h4-5,7,12H,2-3,6H2,1H3. The lowest BCUT2D eigenvalue weighted by atomic mass is 10.1. The molecule has 0 saturated heterocycles. The molecule has 2 nitrogen and oxygen atoms in total. The summed E-state index contributed by atoms with van der Waals surface area (Å²) in [5, 5.41) is 10.1. The molecule has 0 spiro atoms. The van der Waals surface area contributed by atoms with Crippen LogP contribution in [0.5, 0.6) is 0 Å². The Morgan fingerprint density at radius 2 is 2.46 bits per heavy atom. The van der Waals surface area contributed by atoms with Crippen molar-refractivity contribution >= 4 is 15.9 Å². The maximum Gasteiger partial charge on any atom is 0.169 e. The Morgan fingerprint density at radius 3 is 3.00 bits per heavy atom. The molecule has 72 valence electrons. The number of halogens is 1. The van der Waals surface area contributed by atoms with E-state index in [0.29, 0.717) is 16.3 Å². The summed E-state index contributed by atoms with van der Waals surface area (Å²) in [6.07, 6.45) is 3.05. The first-order valence-electron chi connectivity index (χ1n) is 4.65. The summed E-state index contributed by atoms with van der Waals surface area (Å²) in [6.45, 7) is 2.14. The molecule has 1 aliphatic rings. The average molecular weight is 245 g/mol. The normalized spacial score (nSPS) is 32.1. The Balaban J connectivity index is 2.11. The van der Waals surface area contributed by atoms with Crippen LogP contribution in [0.25, 0.3) is 0 Å². The minimum atomic E-state index is -0.665.